The summed E-state index contributed by atoms with van der Waals surface area (Å²) in [5.41, 5.74) is -0.925. The number of nitrogens with zero attached hydrogens (tertiary/aromatic N) is 1. The molecule has 1 saturated heterocycles. The van der Waals surface area contributed by atoms with Gasteiger partial charge in [-0.2, -0.15) is 0 Å². The Bertz CT molecular complexity index is 548. The van der Waals surface area contributed by atoms with Gasteiger partial charge in [-0.15, -0.1) is 0 Å². The van der Waals surface area contributed by atoms with Crippen LogP contribution >= 0.6 is 0 Å². The first-order valence-electron chi connectivity index (χ1n) is 5.93. The number of carboxylic acid groups (broad SMARTS) is 1. The number of amides is 1. The molecule has 19 heavy (non-hydrogen) atoms. The quantitative estimate of drug-likeness (QED) is 0.895. The number of likely N-dealkylation sites (tertiary alicyclic amines) is 1. The van der Waals surface area contributed by atoms with Crippen LogP contribution in [0.25, 0.3) is 0 Å². The maximum absolute atomic E-state index is 14.0. The van der Waals surface area contributed by atoms with Gasteiger partial charge in [0, 0.05) is 13.1 Å². The van der Waals surface area contributed by atoms with Crippen LogP contribution in [0.15, 0.2) is 24.3 Å². The molecular formula is C13H13F2NO3. The average molecular weight is 269 g/mol. The Morgan fingerprint density at radius 1 is 1.53 bits per heavy atom. The number of carbonyl (C=O) groups is 1. The summed E-state index contributed by atoms with van der Waals surface area (Å²) in [4.78, 5) is 12.0. The highest BCUT2D eigenvalue weighted by molar-refractivity contribution is 5.67. The fourth-order valence-corrected chi connectivity index (χ4v) is 3.14. The molecule has 2 aliphatic rings. The van der Waals surface area contributed by atoms with Crippen LogP contribution in [0, 0.1) is 5.92 Å². The van der Waals surface area contributed by atoms with E-state index in [2.05, 4.69) is 0 Å². The van der Waals surface area contributed by atoms with Crippen molar-refractivity contribution in [2.45, 2.75) is 11.3 Å². The molecule has 0 aromatic heterocycles. The van der Waals surface area contributed by atoms with E-state index in [1.807, 2.05) is 0 Å². The molecule has 0 spiro atoms. The second kappa shape index (κ2) is 3.59. The fourth-order valence-electron chi connectivity index (χ4n) is 3.14. The third-order valence-electron chi connectivity index (χ3n) is 4.24. The summed E-state index contributed by atoms with van der Waals surface area (Å²) in [7, 11) is 1.47. The maximum Gasteiger partial charge on any atom is 0.407 e. The summed E-state index contributed by atoms with van der Waals surface area (Å²) in [6.45, 7) is -0.271. The van der Waals surface area contributed by atoms with Crippen molar-refractivity contribution in [3.05, 3.63) is 29.8 Å². The second-order valence-corrected chi connectivity index (χ2v) is 5.04. The van der Waals surface area contributed by atoms with Crippen molar-refractivity contribution in [1.29, 1.82) is 0 Å². The molecule has 0 bridgehead atoms. The normalized spacial score (nSPS) is 30.9. The molecule has 3 rings (SSSR count). The minimum atomic E-state index is -2.84. The fraction of sp³-hybridized carbons (Fsp3) is 0.462. The highest BCUT2D eigenvalue weighted by Gasteiger charge is 2.84. The number of benzene rings is 1. The Hall–Kier alpha value is -1.85. The molecule has 1 aromatic carbocycles. The summed E-state index contributed by atoms with van der Waals surface area (Å²) in [5.74, 6) is -3.27. The lowest BCUT2D eigenvalue weighted by atomic mass is 9.94. The Morgan fingerprint density at radius 2 is 2.26 bits per heavy atom. The van der Waals surface area contributed by atoms with E-state index in [0.717, 1.165) is 4.90 Å². The summed E-state index contributed by atoms with van der Waals surface area (Å²) < 4.78 is 33.0. The van der Waals surface area contributed by atoms with Crippen LogP contribution in [0.2, 0.25) is 0 Å². The van der Waals surface area contributed by atoms with E-state index in [1.54, 1.807) is 24.3 Å². The molecule has 2 atom stereocenters. The minimum absolute atomic E-state index is 0.112. The van der Waals surface area contributed by atoms with Gasteiger partial charge in [0.15, 0.2) is 0 Å². The van der Waals surface area contributed by atoms with Crippen LogP contribution in [0.5, 0.6) is 5.75 Å². The lowest BCUT2D eigenvalue weighted by Gasteiger charge is -2.21. The Balaban J connectivity index is 1.99. The first kappa shape index (κ1) is 12.2. The zero-order valence-corrected chi connectivity index (χ0v) is 10.3. The van der Waals surface area contributed by atoms with Crippen molar-refractivity contribution >= 4 is 6.09 Å². The van der Waals surface area contributed by atoms with Crippen LogP contribution in [0.4, 0.5) is 13.6 Å². The lowest BCUT2D eigenvalue weighted by molar-refractivity contribution is 0.0450. The van der Waals surface area contributed by atoms with E-state index in [-0.39, 0.29) is 13.1 Å². The van der Waals surface area contributed by atoms with E-state index < -0.39 is 23.3 Å². The highest BCUT2D eigenvalue weighted by atomic mass is 19.3. The van der Waals surface area contributed by atoms with E-state index in [9.17, 15) is 13.6 Å². The van der Waals surface area contributed by atoms with Crippen LogP contribution in [-0.2, 0) is 5.41 Å². The van der Waals surface area contributed by atoms with Gasteiger partial charge >= 0.3 is 6.09 Å². The van der Waals surface area contributed by atoms with Crippen molar-refractivity contribution in [3.63, 3.8) is 0 Å². The number of hydrogen-bond acceptors (Lipinski definition) is 2. The standard InChI is InChI=1S/C13H13F2NO3/c1-19-9-4-2-3-8(5-9)12-7-16(11(17)18)6-10(12)13(12,14)15/h2-5,10H,6-7H2,1H3,(H,17,18). The van der Waals surface area contributed by atoms with Crippen molar-refractivity contribution in [2.24, 2.45) is 5.92 Å². The Kier molecular flexibility index (Phi) is 2.30. The largest absolute Gasteiger partial charge is 0.497 e. The topological polar surface area (TPSA) is 49.8 Å². The monoisotopic (exact) mass is 269 g/mol. The minimum Gasteiger partial charge on any atom is -0.497 e. The van der Waals surface area contributed by atoms with E-state index in [1.165, 1.54) is 7.11 Å². The van der Waals surface area contributed by atoms with Gasteiger partial charge in [-0.1, -0.05) is 12.1 Å². The van der Waals surface area contributed by atoms with Gasteiger partial charge in [-0.05, 0) is 17.7 Å². The first-order chi connectivity index (χ1) is 8.93. The molecule has 2 fully saturated rings. The molecular weight excluding hydrogens is 256 g/mol. The third-order valence-corrected chi connectivity index (χ3v) is 4.24. The molecule has 102 valence electrons. The zero-order valence-electron chi connectivity index (χ0n) is 10.3. The number of ether oxygens (including phenoxy) is 1. The summed E-state index contributed by atoms with van der Waals surface area (Å²) in [6.07, 6.45) is -1.15. The Morgan fingerprint density at radius 3 is 2.89 bits per heavy atom. The molecule has 1 saturated carbocycles. The summed E-state index contributed by atoms with van der Waals surface area (Å²) >= 11 is 0. The predicted molar refractivity (Wildman–Crippen MR) is 62.7 cm³/mol. The van der Waals surface area contributed by atoms with Gasteiger partial charge in [-0.3, -0.25) is 0 Å². The number of methoxy groups -OCH3 is 1. The summed E-state index contributed by atoms with van der Waals surface area (Å²) in [5, 5.41) is 8.94. The number of rotatable bonds is 2. The van der Waals surface area contributed by atoms with Crippen LogP contribution < -0.4 is 4.74 Å². The molecule has 1 aliphatic heterocycles. The number of fused-ring (bicyclic) bond motifs is 1. The molecule has 1 amide bonds. The maximum atomic E-state index is 14.0. The number of halogens is 2. The van der Waals surface area contributed by atoms with Gasteiger partial charge in [0.05, 0.1) is 18.4 Å². The molecule has 1 aromatic rings. The number of hydrogen-bond donors (Lipinski definition) is 1. The Labute approximate surface area is 108 Å². The molecule has 1 aliphatic carbocycles. The van der Waals surface area contributed by atoms with Crippen LogP contribution in [0.3, 0.4) is 0 Å². The SMILES string of the molecule is COc1cccc(C23CN(C(=O)O)CC2C3(F)F)c1. The lowest BCUT2D eigenvalue weighted by Crippen LogP contribution is -2.36. The molecule has 0 radical (unpaired) electrons. The molecule has 4 nitrogen and oxygen atoms in total. The summed E-state index contributed by atoms with van der Waals surface area (Å²) in [6, 6.07) is 6.51. The van der Waals surface area contributed by atoms with Gasteiger partial charge in [0.1, 0.15) is 5.75 Å². The van der Waals surface area contributed by atoms with E-state index in [0.29, 0.717) is 11.3 Å². The molecule has 2 unspecified atom stereocenters. The van der Waals surface area contributed by atoms with Crippen molar-refractivity contribution in [3.8, 4) is 5.75 Å². The van der Waals surface area contributed by atoms with Gasteiger partial charge in [-0.25, -0.2) is 13.6 Å². The van der Waals surface area contributed by atoms with Crippen molar-refractivity contribution in [1.82, 2.24) is 4.90 Å². The van der Waals surface area contributed by atoms with Crippen LogP contribution in [0.1, 0.15) is 5.56 Å². The van der Waals surface area contributed by atoms with E-state index in [4.69, 9.17) is 9.84 Å². The molecule has 1 N–H and O–H groups in total. The van der Waals surface area contributed by atoms with Crippen molar-refractivity contribution < 1.29 is 23.4 Å². The first-order valence-corrected chi connectivity index (χ1v) is 5.93. The zero-order chi connectivity index (χ0) is 13.8. The number of piperidine rings is 1. The second-order valence-electron chi connectivity index (χ2n) is 5.04. The highest BCUT2D eigenvalue weighted by Crippen LogP contribution is 2.70. The average Bonchev–Trinajstić information content (AvgIpc) is 2.76. The molecule has 6 heteroatoms. The molecule has 1 heterocycles. The van der Waals surface area contributed by atoms with Crippen LogP contribution in [-0.4, -0.2) is 42.2 Å². The smallest absolute Gasteiger partial charge is 0.407 e. The number of alkyl halides is 2. The van der Waals surface area contributed by atoms with Gasteiger partial charge in [0.2, 0.25) is 0 Å². The third kappa shape index (κ3) is 1.39. The van der Waals surface area contributed by atoms with Gasteiger partial charge in [0.25, 0.3) is 5.92 Å². The van der Waals surface area contributed by atoms with Gasteiger partial charge < -0.3 is 14.7 Å². The van der Waals surface area contributed by atoms with E-state index >= 15 is 0 Å². The predicted octanol–water partition coefficient (Wildman–Crippen LogP) is 2.19. The van der Waals surface area contributed by atoms with Crippen molar-refractivity contribution in [2.75, 3.05) is 20.2 Å².